The lowest BCUT2D eigenvalue weighted by Gasteiger charge is -2.13. The Kier molecular flexibility index (Phi) is 5.35. The van der Waals surface area contributed by atoms with Crippen molar-refractivity contribution < 1.29 is 4.79 Å². The van der Waals surface area contributed by atoms with E-state index in [-0.39, 0.29) is 5.91 Å². The molecular formula is C21H23N5O. The van der Waals surface area contributed by atoms with E-state index in [1.54, 1.807) is 0 Å². The molecule has 0 aliphatic heterocycles. The number of nitrogens with zero attached hydrogens (tertiary/aromatic N) is 2. The normalized spacial score (nSPS) is 10.4. The lowest BCUT2D eigenvalue weighted by molar-refractivity contribution is -0.114. The van der Waals surface area contributed by atoms with E-state index in [1.807, 2.05) is 37.3 Å². The summed E-state index contributed by atoms with van der Waals surface area (Å²) in [6, 6.07) is 15.6. The van der Waals surface area contributed by atoms with Crippen LogP contribution in [0.5, 0.6) is 0 Å². The number of aromatic nitrogens is 2. The molecule has 0 unspecified atom stereocenters. The van der Waals surface area contributed by atoms with E-state index in [2.05, 4.69) is 58.0 Å². The summed E-state index contributed by atoms with van der Waals surface area (Å²) in [5.41, 5.74) is 4.99. The first kappa shape index (κ1) is 18.4. The molecule has 3 N–H and O–H groups in total. The average molecular weight is 361 g/mol. The molecule has 1 amide bonds. The molecule has 0 radical (unpaired) electrons. The van der Waals surface area contributed by atoms with Crippen molar-refractivity contribution in [2.45, 2.75) is 27.7 Å². The molecule has 1 aromatic heterocycles. The standard InChI is InChI=1S/C21H23N5O/c1-13-5-6-14(2)19(11-13)26-21-12-20(22-15(3)23-21)25-18-9-7-17(8-10-18)24-16(4)27/h5-12H,1-4H3,(H,24,27)(H2,22,23,25,26). The van der Waals surface area contributed by atoms with Crippen LogP contribution in [-0.2, 0) is 4.79 Å². The number of amides is 1. The minimum atomic E-state index is -0.0932. The first-order valence-electron chi connectivity index (χ1n) is 8.74. The maximum atomic E-state index is 11.1. The summed E-state index contributed by atoms with van der Waals surface area (Å²) in [6.45, 7) is 7.47. The van der Waals surface area contributed by atoms with E-state index < -0.39 is 0 Å². The first-order chi connectivity index (χ1) is 12.9. The van der Waals surface area contributed by atoms with Gasteiger partial charge in [0, 0.05) is 30.1 Å². The van der Waals surface area contributed by atoms with Gasteiger partial charge in [0.15, 0.2) is 0 Å². The third-order valence-electron chi connectivity index (χ3n) is 3.97. The van der Waals surface area contributed by atoms with E-state index in [9.17, 15) is 4.79 Å². The van der Waals surface area contributed by atoms with Crippen molar-refractivity contribution in [1.29, 1.82) is 0 Å². The fourth-order valence-corrected chi connectivity index (χ4v) is 2.69. The zero-order chi connectivity index (χ0) is 19.4. The fraction of sp³-hybridized carbons (Fsp3) is 0.190. The van der Waals surface area contributed by atoms with Crippen LogP contribution in [0.1, 0.15) is 23.9 Å². The fourth-order valence-electron chi connectivity index (χ4n) is 2.69. The van der Waals surface area contributed by atoms with Crippen molar-refractivity contribution in [1.82, 2.24) is 9.97 Å². The van der Waals surface area contributed by atoms with Crippen LogP contribution >= 0.6 is 0 Å². The number of nitrogens with one attached hydrogen (secondary N) is 3. The van der Waals surface area contributed by atoms with E-state index in [0.29, 0.717) is 11.6 Å². The number of carbonyl (C=O) groups is 1. The van der Waals surface area contributed by atoms with Gasteiger partial charge in [0.1, 0.15) is 17.5 Å². The Bertz CT molecular complexity index is 967. The highest BCUT2D eigenvalue weighted by atomic mass is 16.1. The van der Waals surface area contributed by atoms with Gasteiger partial charge in [-0.15, -0.1) is 0 Å². The maximum absolute atomic E-state index is 11.1. The van der Waals surface area contributed by atoms with Crippen molar-refractivity contribution in [3.8, 4) is 0 Å². The van der Waals surface area contributed by atoms with Gasteiger partial charge in [0.25, 0.3) is 0 Å². The predicted octanol–water partition coefficient (Wildman–Crippen LogP) is 4.85. The second kappa shape index (κ2) is 7.86. The van der Waals surface area contributed by atoms with Crippen molar-refractivity contribution in [2.75, 3.05) is 16.0 Å². The van der Waals surface area contributed by atoms with Gasteiger partial charge in [-0.2, -0.15) is 0 Å². The number of benzene rings is 2. The molecule has 138 valence electrons. The Morgan fingerprint density at radius 1 is 0.815 bits per heavy atom. The van der Waals surface area contributed by atoms with Gasteiger partial charge in [0.2, 0.25) is 5.91 Å². The number of aryl methyl sites for hydroxylation is 3. The third kappa shape index (κ3) is 5.04. The molecule has 0 spiro atoms. The minimum absolute atomic E-state index is 0.0932. The second-order valence-corrected chi connectivity index (χ2v) is 6.51. The van der Waals surface area contributed by atoms with Crippen LogP contribution in [0.4, 0.5) is 28.7 Å². The second-order valence-electron chi connectivity index (χ2n) is 6.51. The lowest BCUT2D eigenvalue weighted by Crippen LogP contribution is -2.05. The predicted molar refractivity (Wildman–Crippen MR) is 110 cm³/mol. The summed E-state index contributed by atoms with van der Waals surface area (Å²) in [6.07, 6.45) is 0. The maximum Gasteiger partial charge on any atom is 0.221 e. The Morgan fingerprint density at radius 2 is 1.44 bits per heavy atom. The molecule has 6 nitrogen and oxygen atoms in total. The van der Waals surface area contributed by atoms with Crippen LogP contribution in [0.25, 0.3) is 0 Å². The summed E-state index contributed by atoms with van der Waals surface area (Å²) in [7, 11) is 0. The topological polar surface area (TPSA) is 78.9 Å². The van der Waals surface area contributed by atoms with E-state index in [0.717, 1.165) is 28.4 Å². The van der Waals surface area contributed by atoms with Crippen molar-refractivity contribution >= 4 is 34.6 Å². The number of hydrogen-bond donors (Lipinski definition) is 3. The summed E-state index contributed by atoms with van der Waals surface area (Å²) in [5.74, 6) is 2.00. The molecular weight excluding hydrogens is 338 g/mol. The van der Waals surface area contributed by atoms with Crippen LogP contribution < -0.4 is 16.0 Å². The third-order valence-corrected chi connectivity index (χ3v) is 3.97. The van der Waals surface area contributed by atoms with Gasteiger partial charge in [-0.3, -0.25) is 4.79 Å². The molecule has 0 fully saturated rings. The van der Waals surface area contributed by atoms with E-state index in [4.69, 9.17) is 0 Å². The van der Waals surface area contributed by atoms with Crippen molar-refractivity contribution in [2.24, 2.45) is 0 Å². The largest absolute Gasteiger partial charge is 0.340 e. The Morgan fingerprint density at radius 3 is 2.11 bits per heavy atom. The monoisotopic (exact) mass is 361 g/mol. The lowest BCUT2D eigenvalue weighted by atomic mass is 10.1. The first-order valence-corrected chi connectivity index (χ1v) is 8.74. The minimum Gasteiger partial charge on any atom is -0.340 e. The number of hydrogen-bond acceptors (Lipinski definition) is 5. The molecule has 1 heterocycles. The Balaban J connectivity index is 1.79. The van der Waals surface area contributed by atoms with Crippen LogP contribution in [0.2, 0.25) is 0 Å². The zero-order valence-electron chi connectivity index (χ0n) is 15.9. The van der Waals surface area contributed by atoms with Crippen LogP contribution in [0, 0.1) is 20.8 Å². The SMILES string of the molecule is CC(=O)Nc1ccc(Nc2cc(Nc3cc(C)ccc3C)nc(C)n2)cc1. The van der Waals surface area contributed by atoms with Crippen molar-refractivity contribution in [3.63, 3.8) is 0 Å². The van der Waals surface area contributed by atoms with E-state index >= 15 is 0 Å². The number of rotatable bonds is 5. The highest BCUT2D eigenvalue weighted by molar-refractivity contribution is 5.88. The molecule has 0 aliphatic rings. The molecule has 27 heavy (non-hydrogen) atoms. The molecule has 0 saturated heterocycles. The molecule has 2 aromatic carbocycles. The average Bonchev–Trinajstić information content (AvgIpc) is 2.59. The van der Waals surface area contributed by atoms with E-state index in [1.165, 1.54) is 12.5 Å². The molecule has 0 bridgehead atoms. The molecule has 3 rings (SSSR count). The Hall–Kier alpha value is -3.41. The summed E-state index contributed by atoms with van der Waals surface area (Å²) in [5, 5.41) is 9.39. The summed E-state index contributed by atoms with van der Waals surface area (Å²) >= 11 is 0. The molecule has 3 aromatic rings. The highest BCUT2D eigenvalue weighted by Gasteiger charge is 2.06. The Labute approximate surface area is 159 Å². The van der Waals surface area contributed by atoms with Crippen LogP contribution in [-0.4, -0.2) is 15.9 Å². The number of anilines is 5. The zero-order valence-corrected chi connectivity index (χ0v) is 15.9. The van der Waals surface area contributed by atoms with Gasteiger partial charge >= 0.3 is 0 Å². The van der Waals surface area contributed by atoms with Gasteiger partial charge in [-0.1, -0.05) is 12.1 Å². The summed E-state index contributed by atoms with van der Waals surface area (Å²) in [4.78, 5) is 20.0. The van der Waals surface area contributed by atoms with Gasteiger partial charge in [-0.05, 0) is 62.2 Å². The van der Waals surface area contributed by atoms with Gasteiger partial charge in [0.05, 0.1) is 0 Å². The smallest absolute Gasteiger partial charge is 0.221 e. The molecule has 0 atom stereocenters. The molecule has 6 heteroatoms. The van der Waals surface area contributed by atoms with Crippen LogP contribution in [0.3, 0.4) is 0 Å². The quantitative estimate of drug-likeness (QED) is 0.605. The molecule has 0 saturated carbocycles. The van der Waals surface area contributed by atoms with Gasteiger partial charge < -0.3 is 16.0 Å². The summed E-state index contributed by atoms with van der Waals surface area (Å²) < 4.78 is 0. The van der Waals surface area contributed by atoms with Crippen LogP contribution in [0.15, 0.2) is 48.5 Å². The highest BCUT2D eigenvalue weighted by Crippen LogP contribution is 2.24. The van der Waals surface area contributed by atoms with Crippen molar-refractivity contribution in [3.05, 3.63) is 65.5 Å². The molecule has 0 aliphatic carbocycles. The van der Waals surface area contributed by atoms with Gasteiger partial charge in [-0.25, -0.2) is 9.97 Å². The number of carbonyl (C=O) groups excluding carboxylic acids is 1.